The van der Waals surface area contributed by atoms with Crippen molar-refractivity contribution in [3.63, 3.8) is 0 Å². The zero-order valence-corrected chi connectivity index (χ0v) is 16.0. The van der Waals surface area contributed by atoms with Gasteiger partial charge in [0, 0.05) is 12.6 Å². The fourth-order valence-electron chi connectivity index (χ4n) is 3.47. The molecule has 1 aliphatic rings. The van der Waals surface area contributed by atoms with E-state index in [1.54, 1.807) is 12.1 Å². The molecule has 7 heteroatoms. The number of hydrogen-bond acceptors (Lipinski definition) is 4. The van der Waals surface area contributed by atoms with E-state index < -0.39 is 15.6 Å². The maximum Gasteiger partial charge on any atom is 0.341 e. The Hall–Kier alpha value is -1.99. The molecule has 0 spiro atoms. The third-order valence-corrected chi connectivity index (χ3v) is 6.21. The normalized spacial score (nSPS) is 18.1. The number of hydrogen-bond donors (Lipinski definition) is 0. The van der Waals surface area contributed by atoms with Crippen molar-refractivity contribution in [2.75, 3.05) is 13.2 Å². The molecule has 2 aromatic carbocycles. The Morgan fingerprint density at radius 1 is 1.11 bits per heavy atom. The molecule has 0 aliphatic carbocycles. The van der Waals surface area contributed by atoms with Crippen LogP contribution in [0.25, 0.3) is 0 Å². The minimum absolute atomic E-state index is 0.283. The van der Waals surface area contributed by atoms with Crippen LogP contribution in [-0.4, -0.2) is 32.2 Å². The Balaban J connectivity index is 1.71. The van der Waals surface area contributed by atoms with Crippen LogP contribution in [0, 0.1) is 0 Å². The average Bonchev–Trinajstić information content (AvgIpc) is 3.11. The third-order valence-electron chi connectivity index (χ3n) is 4.81. The van der Waals surface area contributed by atoms with Gasteiger partial charge in [-0.25, -0.2) is 8.42 Å². The van der Waals surface area contributed by atoms with E-state index in [1.165, 1.54) is 17.7 Å². The van der Waals surface area contributed by atoms with Crippen molar-refractivity contribution in [3.05, 3.63) is 59.7 Å². The molecule has 1 fully saturated rings. The van der Waals surface area contributed by atoms with Crippen LogP contribution < -0.4 is 4.74 Å². The lowest BCUT2D eigenvalue weighted by molar-refractivity contribution is 0.234. The Morgan fingerprint density at radius 3 is 2.37 bits per heavy atom. The minimum atomic E-state index is -4.54. The highest BCUT2D eigenvalue weighted by atomic mass is 32.2. The number of alkyl halides is 2. The number of ether oxygens (including phenoxy) is 1. The number of likely N-dealkylation sites (tertiary alicyclic amines) is 1. The molecule has 0 N–H and O–H groups in total. The summed E-state index contributed by atoms with van der Waals surface area (Å²) in [7, 11) is -4.54. The zero-order chi connectivity index (χ0) is 19.4. The van der Waals surface area contributed by atoms with Crippen molar-refractivity contribution in [3.8, 4) is 5.75 Å². The average molecular weight is 395 g/mol. The van der Waals surface area contributed by atoms with Crippen molar-refractivity contribution < 1.29 is 21.9 Å². The summed E-state index contributed by atoms with van der Waals surface area (Å²) in [5.74, 6) is -2.55. The summed E-state index contributed by atoms with van der Waals surface area (Å²) in [6, 6.07) is 14.1. The second-order valence-corrected chi connectivity index (χ2v) is 8.50. The third kappa shape index (κ3) is 4.47. The lowest BCUT2D eigenvalue weighted by atomic mass is 10.0. The Morgan fingerprint density at radius 2 is 1.78 bits per heavy atom. The minimum Gasteiger partial charge on any atom is -0.494 e. The largest absolute Gasteiger partial charge is 0.494 e. The summed E-state index contributed by atoms with van der Waals surface area (Å²) in [5, 5.41) is 0. The number of benzene rings is 2. The van der Waals surface area contributed by atoms with E-state index in [0.717, 1.165) is 30.7 Å². The van der Waals surface area contributed by atoms with Crippen LogP contribution in [0.4, 0.5) is 8.78 Å². The summed E-state index contributed by atoms with van der Waals surface area (Å²) in [4.78, 5) is 1.98. The van der Waals surface area contributed by atoms with Crippen molar-refractivity contribution in [2.24, 2.45) is 0 Å². The second kappa shape index (κ2) is 8.35. The maximum atomic E-state index is 12.6. The smallest absolute Gasteiger partial charge is 0.341 e. The molecule has 2 aromatic rings. The van der Waals surface area contributed by atoms with Gasteiger partial charge in [-0.2, -0.15) is 8.78 Å². The second-order valence-electron chi connectivity index (χ2n) is 6.58. The Bertz CT molecular complexity index is 852. The van der Waals surface area contributed by atoms with Gasteiger partial charge in [-0.05, 0) is 61.7 Å². The van der Waals surface area contributed by atoms with Crippen LogP contribution in [0.5, 0.6) is 5.75 Å². The van der Waals surface area contributed by atoms with Gasteiger partial charge in [-0.1, -0.05) is 24.3 Å². The molecule has 27 heavy (non-hydrogen) atoms. The number of sulfone groups is 1. The monoisotopic (exact) mass is 395 g/mol. The predicted octanol–water partition coefficient (Wildman–Crippen LogP) is 4.42. The molecule has 4 nitrogen and oxygen atoms in total. The molecule has 0 radical (unpaired) electrons. The van der Waals surface area contributed by atoms with E-state index >= 15 is 0 Å². The molecule has 0 amide bonds. The van der Waals surface area contributed by atoms with E-state index in [-0.39, 0.29) is 10.9 Å². The number of halogens is 2. The molecule has 1 saturated heterocycles. The van der Waals surface area contributed by atoms with Gasteiger partial charge in [-0.15, -0.1) is 0 Å². The van der Waals surface area contributed by atoms with E-state index in [9.17, 15) is 17.2 Å². The first-order chi connectivity index (χ1) is 12.9. The lowest BCUT2D eigenvalue weighted by Gasteiger charge is -2.25. The van der Waals surface area contributed by atoms with Crippen LogP contribution in [-0.2, 0) is 16.4 Å². The van der Waals surface area contributed by atoms with Gasteiger partial charge < -0.3 is 4.74 Å². The van der Waals surface area contributed by atoms with Gasteiger partial charge in [-0.3, -0.25) is 4.90 Å². The van der Waals surface area contributed by atoms with Gasteiger partial charge in [0.1, 0.15) is 5.75 Å². The molecule has 0 bridgehead atoms. The van der Waals surface area contributed by atoms with E-state index in [4.69, 9.17) is 4.74 Å². The number of rotatable bonds is 7. The van der Waals surface area contributed by atoms with Gasteiger partial charge in [0.2, 0.25) is 9.84 Å². The molecule has 1 heterocycles. The highest BCUT2D eigenvalue weighted by Crippen LogP contribution is 2.34. The lowest BCUT2D eigenvalue weighted by Crippen LogP contribution is -2.22. The standard InChI is InChI=1S/C20H23F2NO3S/c1-2-26-17-9-7-16(8-10-17)19-4-3-13-23(19)14-15-5-11-18(12-6-15)27(24,25)20(21)22/h5-12,19-20H,2-4,13-14H2,1H3. The van der Waals surface area contributed by atoms with E-state index in [0.29, 0.717) is 13.2 Å². The highest BCUT2D eigenvalue weighted by Gasteiger charge is 2.28. The molecule has 1 atom stereocenters. The van der Waals surface area contributed by atoms with Crippen molar-refractivity contribution >= 4 is 9.84 Å². The quantitative estimate of drug-likeness (QED) is 0.696. The fourth-order valence-corrected chi connectivity index (χ4v) is 4.19. The van der Waals surface area contributed by atoms with E-state index in [2.05, 4.69) is 17.0 Å². The van der Waals surface area contributed by atoms with Crippen molar-refractivity contribution in [2.45, 2.75) is 43.0 Å². The molecule has 1 unspecified atom stereocenters. The van der Waals surface area contributed by atoms with Crippen molar-refractivity contribution in [1.29, 1.82) is 0 Å². The first-order valence-electron chi connectivity index (χ1n) is 8.99. The highest BCUT2D eigenvalue weighted by molar-refractivity contribution is 7.91. The Kier molecular flexibility index (Phi) is 6.11. The van der Waals surface area contributed by atoms with Crippen LogP contribution >= 0.6 is 0 Å². The molecular weight excluding hydrogens is 372 g/mol. The molecule has 1 aliphatic heterocycles. The van der Waals surface area contributed by atoms with Gasteiger partial charge >= 0.3 is 5.76 Å². The zero-order valence-electron chi connectivity index (χ0n) is 15.1. The predicted molar refractivity (Wildman–Crippen MR) is 99.6 cm³/mol. The Labute approximate surface area is 158 Å². The van der Waals surface area contributed by atoms with Gasteiger partial charge in [0.25, 0.3) is 0 Å². The van der Waals surface area contributed by atoms with Crippen LogP contribution in [0.2, 0.25) is 0 Å². The summed E-state index contributed by atoms with van der Waals surface area (Å²) in [6.07, 6.45) is 2.13. The molecule has 3 rings (SSSR count). The molecule has 146 valence electrons. The first-order valence-corrected chi connectivity index (χ1v) is 10.5. The molecule has 0 saturated carbocycles. The summed E-state index contributed by atoms with van der Waals surface area (Å²) in [5.41, 5.74) is 2.12. The van der Waals surface area contributed by atoms with Crippen LogP contribution in [0.1, 0.15) is 36.9 Å². The first kappa shape index (κ1) is 19.8. The van der Waals surface area contributed by atoms with Gasteiger partial charge in [0.05, 0.1) is 11.5 Å². The van der Waals surface area contributed by atoms with Gasteiger partial charge in [0.15, 0.2) is 0 Å². The van der Waals surface area contributed by atoms with Crippen LogP contribution in [0.3, 0.4) is 0 Å². The van der Waals surface area contributed by atoms with Crippen LogP contribution in [0.15, 0.2) is 53.4 Å². The topological polar surface area (TPSA) is 46.6 Å². The fraction of sp³-hybridized carbons (Fsp3) is 0.400. The van der Waals surface area contributed by atoms with E-state index in [1.807, 2.05) is 19.1 Å². The SMILES string of the molecule is CCOc1ccc(C2CCCN2Cc2ccc(S(=O)(=O)C(F)F)cc2)cc1. The summed E-state index contributed by atoms with van der Waals surface area (Å²) < 4.78 is 53.8. The maximum absolute atomic E-state index is 12.6. The molecule has 0 aromatic heterocycles. The summed E-state index contributed by atoms with van der Waals surface area (Å²) in [6.45, 7) is 4.17. The number of nitrogens with zero attached hydrogens (tertiary/aromatic N) is 1. The molecular formula is C20H23F2NO3S. The van der Waals surface area contributed by atoms with Crippen molar-refractivity contribution in [1.82, 2.24) is 4.90 Å². The summed E-state index contributed by atoms with van der Waals surface area (Å²) >= 11 is 0.